The molecule has 192 valence electrons. The van der Waals surface area contributed by atoms with E-state index in [2.05, 4.69) is 0 Å². The van der Waals surface area contributed by atoms with Crippen molar-refractivity contribution in [3.8, 4) is 33.6 Å². The van der Waals surface area contributed by atoms with Crippen molar-refractivity contribution in [1.29, 1.82) is 0 Å². The van der Waals surface area contributed by atoms with Gasteiger partial charge in [-0.15, -0.1) is 18.2 Å². The second-order valence-electron chi connectivity index (χ2n) is 8.12. The van der Waals surface area contributed by atoms with Gasteiger partial charge in [0.1, 0.15) is 23.3 Å². The molecule has 0 saturated heterocycles. The van der Waals surface area contributed by atoms with Crippen LogP contribution in [0.1, 0.15) is 0 Å². The Hall–Kier alpha value is -4.06. The quantitative estimate of drug-likeness (QED) is 0.121. The molecular formula is C30H20F4FeN2-6. The minimum absolute atomic E-state index is 0. The van der Waals surface area contributed by atoms with Crippen LogP contribution in [0, 0.1) is 23.3 Å². The number of aromatic nitrogens is 2. The summed E-state index contributed by atoms with van der Waals surface area (Å²) in [4.78, 5) is 0. The zero-order chi connectivity index (χ0) is 25.1. The normalized spacial score (nSPS) is 10.5. The molecule has 0 aliphatic carbocycles. The van der Waals surface area contributed by atoms with Gasteiger partial charge in [0.15, 0.2) is 0 Å². The molecule has 0 amide bonds. The molecule has 0 radical (unpaired) electrons. The van der Waals surface area contributed by atoms with Crippen molar-refractivity contribution in [3.05, 3.63) is 145 Å². The van der Waals surface area contributed by atoms with E-state index in [0.717, 1.165) is 34.4 Å². The molecular weight excluding hydrogens is 520 g/mol. The molecule has 6 aromatic rings. The molecule has 2 nitrogen and oxygen atoms in total. The molecule has 0 bridgehead atoms. The van der Waals surface area contributed by atoms with Gasteiger partial charge in [-0.2, -0.15) is 0 Å². The predicted molar refractivity (Wildman–Crippen MR) is 133 cm³/mol. The number of rotatable bonds is 4. The van der Waals surface area contributed by atoms with Crippen LogP contribution < -0.4 is 0 Å². The SMILES string of the molecule is Fc1ccc(-n2ccc(-c3ccc[c-]3-c3ccn(-c4ccc(F)cc4F)c3)c2)c(F)c1.[Fe].[cH-]1[cH-][cH-][cH-][cH-]1. The van der Waals surface area contributed by atoms with Crippen molar-refractivity contribution in [3.63, 3.8) is 0 Å². The van der Waals surface area contributed by atoms with Crippen LogP contribution in [-0.4, -0.2) is 9.13 Å². The smallest absolute Gasteiger partial charge is 0.150 e. The van der Waals surface area contributed by atoms with Crippen LogP contribution >= 0.6 is 0 Å². The first-order valence-electron chi connectivity index (χ1n) is 11.2. The van der Waals surface area contributed by atoms with Crippen molar-refractivity contribution in [1.82, 2.24) is 9.13 Å². The summed E-state index contributed by atoms with van der Waals surface area (Å²) in [6, 6.07) is 26.4. The number of hydrogen-bond acceptors (Lipinski definition) is 0. The van der Waals surface area contributed by atoms with E-state index in [4.69, 9.17) is 0 Å². The van der Waals surface area contributed by atoms with E-state index >= 15 is 0 Å². The predicted octanol–water partition coefficient (Wildman–Crippen LogP) is 8.28. The van der Waals surface area contributed by atoms with Gasteiger partial charge in [0.2, 0.25) is 0 Å². The first-order chi connectivity index (χ1) is 17.5. The molecule has 0 unspecified atom stereocenters. The summed E-state index contributed by atoms with van der Waals surface area (Å²) >= 11 is 0. The van der Waals surface area contributed by atoms with Crippen LogP contribution in [-0.2, 0) is 17.1 Å². The van der Waals surface area contributed by atoms with E-state index in [1.807, 2.05) is 60.7 Å². The fourth-order valence-corrected chi connectivity index (χ4v) is 4.04. The maximum absolute atomic E-state index is 14.1. The molecule has 0 atom stereocenters. The Bertz CT molecular complexity index is 1470. The third-order valence-electron chi connectivity index (χ3n) is 5.76. The second kappa shape index (κ2) is 11.3. The van der Waals surface area contributed by atoms with Crippen LogP contribution in [0.25, 0.3) is 33.6 Å². The van der Waals surface area contributed by atoms with Gasteiger partial charge in [0, 0.05) is 35.4 Å². The van der Waals surface area contributed by atoms with Gasteiger partial charge in [0.05, 0.1) is 11.4 Å². The van der Waals surface area contributed by atoms with Crippen LogP contribution in [0.15, 0.2) is 122 Å². The largest absolute Gasteiger partial charge is 0.748 e. The van der Waals surface area contributed by atoms with Gasteiger partial charge in [-0.3, -0.25) is 0 Å². The third kappa shape index (κ3) is 5.69. The molecule has 0 aliphatic rings. The summed E-state index contributed by atoms with van der Waals surface area (Å²) in [6.45, 7) is 0. The summed E-state index contributed by atoms with van der Waals surface area (Å²) in [5.74, 6) is -2.56. The summed E-state index contributed by atoms with van der Waals surface area (Å²) in [5, 5.41) is 0. The fraction of sp³-hybridized carbons (Fsp3) is 0. The Morgan fingerprint density at radius 2 is 1.16 bits per heavy atom. The first kappa shape index (κ1) is 26.0. The summed E-state index contributed by atoms with van der Waals surface area (Å²) in [7, 11) is 0. The van der Waals surface area contributed by atoms with Crippen molar-refractivity contribution < 1.29 is 34.6 Å². The Kier molecular flexibility index (Phi) is 7.97. The monoisotopic (exact) mass is 540 g/mol. The topological polar surface area (TPSA) is 9.86 Å². The minimum Gasteiger partial charge on any atom is -0.748 e. The second-order valence-corrected chi connectivity index (χ2v) is 8.12. The average Bonchev–Trinajstić information content (AvgIpc) is 3.67. The van der Waals surface area contributed by atoms with E-state index in [1.165, 1.54) is 24.3 Å². The van der Waals surface area contributed by atoms with E-state index in [9.17, 15) is 17.6 Å². The standard InChI is InChI=1S/C25H15F4N2.C5H5.Fe/c26-18-4-6-24(22(28)12-18)30-10-8-16(14-30)20-2-1-3-21(20)17-9-11-31(15-17)25-7-5-19(27)13-23(25)29;1-2-4-5-3-1;/h1-15H;1-5H;/q-1;-5;. The molecule has 4 aromatic carbocycles. The van der Waals surface area contributed by atoms with Gasteiger partial charge in [-0.25, -0.2) is 17.6 Å². The van der Waals surface area contributed by atoms with Gasteiger partial charge in [0.25, 0.3) is 0 Å². The summed E-state index contributed by atoms with van der Waals surface area (Å²) in [5.41, 5.74) is 4.03. The number of benzene rings is 2. The van der Waals surface area contributed by atoms with E-state index in [1.54, 1.807) is 33.9 Å². The molecule has 0 aliphatic heterocycles. The Morgan fingerprint density at radius 1 is 0.622 bits per heavy atom. The summed E-state index contributed by atoms with van der Waals surface area (Å²) in [6.07, 6.45) is 6.96. The zero-order valence-electron chi connectivity index (χ0n) is 19.3. The van der Waals surface area contributed by atoms with Crippen LogP contribution in [0.4, 0.5) is 17.6 Å². The maximum atomic E-state index is 14.1. The average molecular weight is 540 g/mol. The molecule has 0 fully saturated rings. The molecule has 6 rings (SSSR count). The molecule has 7 heteroatoms. The number of nitrogens with zero attached hydrogens (tertiary/aromatic N) is 2. The Balaban J connectivity index is 0.000000479. The Morgan fingerprint density at radius 3 is 1.73 bits per heavy atom. The van der Waals surface area contributed by atoms with Gasteiger partial charge in [-0.1, -0.05) is 34.4 Å². The molecule has 37 heavy (non-hydrogen) atoms. The van der Waals surface area contributed by atoms with Crippen molar-refractivity contribution in [2.75, 3.05) is 0 Å². The van der Waals surface area contributed by atoms with Gasteiger partial charge in [-0.05, 0) is 42.9 Å². The summed E-state index contributed by atoms with van der Waals surface area (Å²) < 4.78 is 57.9. The molecule has 0 N–H and O–H groups in total. The maximum Gasteiger partial charge on any atom is 0.150 e. The van der Waals surface area contributed by atoms with E-state index < -0.39 is 23.3 Å². The third-order valence-corrected chi connectivity index (χ3v) is 5.76. The van der Waals surface area contributed by atoms with Crippen molar-refractivity contribution in [2.24, 2.45) is 0 Å². The van der Waals surface area contributed by atoms with Crippen LogP contribution in [0.2, 0.25) is 0 Å². The van der Waals surface area contributed by atoms with E-state index in [0.29, 0.717) is 0 Å². The molecule has 2 heterocycles. The van der Waals surface area contributed by atoms with Gasteiger partial charge < -0.3 is 39.5 Å². The van der Waals surface area contributed by atoms with Crippen LogP contribution in [0.5, 0.6) is 0 Å². The fourth-order valence-electron chi connectivity index (χ4n) is 4.04. The zero-order valence-corrected chi connectivity index (χ0v) is 20.4. The van der Waals surface area contributed by atoms with Gasteiger partial charge >= 0.3 is 0 Å². The molecule has 2 aromatic heterocycles. The number of hydrogen-bond donors (Lipinski definition) is 0. The Labute approximate surface area is 222 Å². The minimum atomic E-state index is -0.650. The molecule has 0 saturated carbocycles. The number of halogens is 4. The van der Waals surface area contributed by atoms with E-state index in [-0.39, 0.29) is 28.4 Å². The van der Waals surface area contributed by atoms with Crippen molar-refractivity contribution >= 4 is 0 Å². The van der Waals surface area contributed by atoms with Crippen LogP contribution in [0.3, 0.4) is 0 Å². The first-order valence-corrected chi connectivity index (χ1v) is 11.2. The van der Waals surface area contributed by atoms with Crippen molar-refractivity contribution in [2.45, 2.75) is 0 Å². The molecule has 0 spiro atoms.